The molecule has 4 aliphatic rings. The highest BCUT2D eigenvalue weighted by Gasteiger charge is 2.70. The summed E-state index contributed by atoms with van der Waals surface area (Å²) in [4.78, 5) is 12.1. The van der Waals surface area contributed by atoms with Crippen molar-refractivity contribution in [1.82, 2.24) is 0 Å². The highest BCUT2D eigenvalue weighted by molar-refractivity contribution is 5.91. The molecule has 4 fully saturated rings. The molecular weight excluding hydrogens is 400 g/mol. The average Bonchev–Trinajstić information content (AvgIpc) is 3.06. The first-order valence-electron chi connectivity index (χ1n) is 13.2. The smallest absolute Gasteiger partial charge is 0.157 e. The molecule has 0 aliphatic heterocycles. The van der Waals surface area contributed by atoms with Crippen LogP contribution in [0.15, 0.2) is 12.2 Å². The van der Waals surface area contributed by atoms with Crippen molar-refractivity contribution < 1.29 is 20.1 Å². The number of carbonyl (C=O) groups excluding carboxylic acids is 1. The van der Waals surface area contributed by atoms with Crippen molar-refractivity contribution in [3.05, 3.63) is 12.2 Å². The van der Waals surface area contributed by atoms with Crippen molar-refractivity contribution in [3.63, 3.8) is 0 Å². The van der Waals surface area contributed by atoms with Gasteiger partial charge in [0.1, 0.15) is 0 Å². The zero-order valence-corrected chi connectivity index (χ0v) is 21.1. The topological polar surface area (TPSA) is 77.8 Å². The maximum Gasteiger partial charge on any atom is 0.157 e. The van der Waals surface area contributed by atoms with Crippen LogP contribution in [0, 0.1) is 52.3 Å². The number of hydrogen-bond acceptors (Lipinski definition) is 4. The second-order valence-electron chi connectivity index (χ2n) is 12.9. The number of carbonyl (C=O) groups is 1. The lowest BCUT2D eigenvalue weighted by atomic mass is 9.40. The van der Waals surface area contributed by atoms with Crippen molar-refractivity contribution in [1.29, 1.82) is 0 Å². The number of ketones is 1. The molecule has 4 aliphatic carbocycles. The SMILES string of the molecule is CC(C)C(=O)C=CC(C)C1CCC2C1(C)CC(O)C1C3(C)CCC(O)C(C)C3CCC21O. The molecular formula is C28H46O4. The van der Waals surface area contributed by atoms with Gasteiger partial charge in [0.15, 0.2) is 5.78 Å². The van der Waals surface area contributed by atoms with Gasteiger partial charge < -0.3 is 15.3 Å². The van der Waals surface area contributed by atoms with E-state index < -0.39 is 11.7 Å². The molecule has 4 heteroatoms. The molecule has 0 aromatic carbocycles. The van der Waals surface area contributed by atoms with Crippen LogP contribution in [0.5, 0.6) is 0 Å². The molecule has 0 saturated heterocycles. The van der Waals surface area contributed by atoms with Gasteiger partial charge in [-0.25, -0.2) is 0 Å². The van der Waals surface area contributed by atoms with Gasteiger partial charge in [0.05, 0.1) is 17.8 Å². The number of fused-ring (bicyclic) bond motifs is 5. The van der Waals surface area contributed by atoms with E-state index in [2.05, 4.69) is 33.8 Å². The van der Waals surface area contributed by atoms with Crippen LogP contribution >= 0.6 is 0 Å². The van der Waals surface area contributed by atoms with Gasteiger partial charge in [0.2, 0.25) is 0 Å². The van der Waals surface area contributed by atoms with Crippen molar-refractivity contribution >= 4 is 5.78 Å². The van der Waals surface area contributed by atoms with Gasteiger partial charge in [-0.15, -0.1) is 0 Å². The van der Waals surface area contributed by atoms with E-state index in [-0.39, 0.29) is 52.3 Å². The zero-order chi connectivity index (χ0) is 23.6. The summed E-state index contributed by atoms with van der Waals surface area (Å²) >= 11 is 0. The standard InChI is InChI=1S/C28H46O4/c1-16(2)21(29)9-7-17(3)19-8-10-24-27(19,6)15-23(31)25-26(5)13-12-22(30)18(4)20(26)11-14-28(24,25)32/h7,9,16-20,22-25,30-32H,8,10-15H2,1-6H3. The van der Waals surface area contributed by atoms with E-state index in [1.807, 2.05) is 13.8 Å². The summed E-state index contributed by atoms with van der Waals surface area (Å²) in [5, 5.41) is 34.5. The predicted molar refractivity (Wildman–Crippen MR) is 127 cm³/mol. The Labute approximate surface area is 194 Å². The number of rotatable bonds is 4. The van der Waals surface area contributed by atoms with Crippen molar-refractivity contribution in [2.75, 3.05) is 0 Å². The van der Waals surface area contributed by atoms with E-state index in [1.165, 1.54) is 0 Å². The molecule has 0 amide bonds. The molecule has 32 heavy (non-hydrogen) atoms. The first-order valence-corrected chi connectivity index (χ1v) is 13.2. The van der Waals surface area contributed by atoms with Crippen LogP contribution in [0.25, 0.3) is 0 Å². The number of aliphatic hydroxyl groups is 3. The fraction of sp³-hybridized carbons (Fsp3) is 0.893. The molecule has 11 atom stereocenters. The lowest BCUT2D eigenvalue weighted by Crippen LogP contribution is -2.69. The molecule has 4 rings (SSSR count). The summed E-state index contributed by atoms with van der Waals surface area (Å²) in [6, 6.07) is 0. The van der Waals surface area contributed by atoms with Gasteiger partial charge in [0, 0.05) is 11.8 Å². The Morgan fingerprint density at radius 3 is 2.31 bits per heavy atom. The van der Waals surface area contributed by atoms with E-state index in [1.54, 1.807) is 6.08 Å². The van der Waals surface area contributed by atoms with Crippen molar-refractivity contribution in [2.24, 2.45) is 52.3 Å². The van der Waals surface area contributed by atoms with Gasteiger partial charge in [-0.3, -0.25) is 4.79 Å². The molecule has 0 radical (unpaired) electrons. The monoisotopic (exact) mass is 446 g/mol. The second kappa shape index (κ2) is 8.20. The first-order chi connectivity index (χ1) is 14.9. The Balaban J connectivity index is 1.63. The first kappa shape index (κ1) is 24.4. The molecule has 0 aromatic heterocycles. The summed E-state index contributed by atoms with van der Waals surface area (Å²) in [7, 11) is 0. The highest BCUT2D eigenvalue weighted by atomic mass is 16.3. The van der Waals surface area contributed by atoms with Crippen molar-refractivity contribution in [3.8, 4) is 0 Å². The number of aliphatic hydroxyl groups excluding tert-OH is 2. The summed E-state index contributed by atoms with van der Waals surface area (Å²) in [6.07, 6.45) is 9.13. The van der Waals surface area contributed by atoms with E-state index in [4.69, 9.17) is 0 Å². The summed E-state index contributed by atoms with van der Waals surface area (Å²) in [5.74, 6) is 1.43. The molecule has 0 bridgehead atoms. The maximum absolute atomic E-state index is 12.3. The molecule has 4 saturated carbocycles. The maximum atomic E-state index is 12.3. The summed E-state index contributed by atoms with van der Waals surface area (Å²) in [5.41, 5.74) is -1.09. The van der Waals surface area contributed by atoms with Gasteiger partial charge in [0.25, 0.3) is 0 Å². The molecule has 3 N–H and O–H groups in total. The molecule has 4 nitrogen and oxygen atoms in total. The van der Waals surface area contributed by atoms with Gasteiger partial charge in [-0.2, -0.15) is 0 Å². The largest absolute Gasteiger partial charge is 0.393 e. The van der Waals surface area contributed by atoms with Crippen LogP contribution in [-0.4, -0.2) is 38.9 Å². The van der Waals surface area contributed by atoms with Crippen LogP contribution in [0.3, 0.4) is 0 Å². The summed E-state index contributed by atoms with van der Waals surface area (Å²) < 4.78 is 0. The Morgan fingerprint density at radius 1 is 0.969 bits per heavy atom. The Bertz CT molecular complexity index is 761. The quantitative estimate of drug-likeness (QED) is 0.544. The molecule has 182 valence electrons. The third-order valence-electron chi connectivity index (χ3n) is 11.0. The Hall–Kier alpha value is -0.710. The minimum Gasteiger partial charge on any atom is -0.393 e. The molecule has 0 spiro atoms. The van der Waals surface area contributed by atoms with E-state index in [0.29, 0.717) is 11.8 Å². The van der Waals surface area contributed by atoms with Crippen LogP contribution in [-0.2, 0) is 4.79 Å². The minimum absolute atomic E-state index is 0.00988. The molecule has 0 heterocycles. The van der Waals surface area contributed by atoms with Crippen LogP contribution in [0.4, 0.5) is 0 Å². The Kier molecular flexibility index (Phi) is 6.26. The highest BCUT2D eigenvalue weighted by Crippen LogP contribution is 2.70. The zero-order valence-electron chi connectivity index (χ0n) is 21.1. The summed E-state index contributed by atoms with van der Waals surface area (Å²) in [6.45, 7) is 12.8. The normalized spacial score (nSPS) is 51.9. The van der Waals surface area contributed by atoms with Crippen molar-refractivity contribution in [2.45, 2.75) is 104 Å². The van der Waals surface area contributed by atoms with Gasteiger partial charge in [-0.05, 0) is 91.4 Å². The predicted octanol–water partition coefficient (Wildman–Crippen LogP) is 4.76. The molecule has 0 aromatic rings. The van der Waals surface area contributed by atoms with Gasteiger partial charge in [-0.1, -0.05) is 47.6 Å². The fourth-order valence-electron chi connectivity index (χ4n) is 9.42. The lowest BCUT2D eigenvalue weighted by molar-refractivity contribution is -0.267. The van der Waals surface area contributed by atoms with Crippen LogP contribution in [0.1, 0.15) is 86.5 Å². The molecule has 11 unspecified atom stereocenters. The van der Waals surface area contributed by atoms with Crippen LogP contribution < -0.4 is 0 Å². The van der Waals surface area contributed by atoms with E-state index >= 15 is 0 Å². The Morgan fingerprint density at radius 2 is 1.66 bits per heavy atom. The second-order valence-corrected chi connectivity index (χ2v) is 12.9. The third-order valence-corrected chi connectivity index (χ3v) is 11.0. The average molecular weight is 447 g/mol. The third kappa shape index (κ3) is 3.46. The fourth-order valence-corrected chi connectivity index (χ4v) is 9.42. The minimum atomic E-state index is -0.842. The number of allylic oxidation sites excluding steroid dienone is 2. The lowest BCUT2D eigenvalue weighted by Gasteiger charge is -2.67. The van der Waals surface area contributed by atoms with Gasteiger partial charge >= 0.3 is 0 Å². The van der Waals surface area contributed by atoms with E-state index in [9.17, 15) is 20.1 Å². The van der Waals surface area contributed by atoms with Crippen LogP contribution in [0.2, 0.25) is 0 Å². The number of hydrogen-bond donors (Lipinski definition) is 3. The van der Waals surface area contributed by atoms with E-state index in [0.717, 1.165) is 44.9 Å².